The summed E-state index contributed by atoms with van der Waals surface area (Å²) in [5.74, 6) is -0.361. The molecule has 1 N–H and O–H groups in total. The maximum atomic E-state index is 12.0. The van der Waals surface area contributed by atoms with Gasteiger partial charge in [-0.05, 0) is 17.7 Å². The molecule has 0 bridgehead atoms. The third-order valence-corrected chi connectivity index (χ3v) is 3.52. The third-order valence-electron chi connectivity index (χ3n) is 3.29. The predicted octanol–water partition coefficient (Wildman–Crippen LogP) is 2.33. The number of anilines is 1. The van der Waals surface area contributed by atoms with Crippen LogP contribution in [0, 0.1) is 10.1 Å². The predicted molar refractivity (Wildman–Crippen MR) is 90.3 cm³/mol. The fourth-order valence-electron chi connectivity index (χ4n) is 2.22. The Morgan fingerprint density at radius 1 is 1.24 bits per heavy atom. The van der Waals surface area contributed by atoms with E-state index in [0.29, 0.717) is 17.3 Å². The first-order chi connectivity index (χ1) is 12.0. The summed E-state index contributed by atoms with van der Waals surface area (Å²) in [5, 5.41) is 21.9. The van der Waals surface area contributed by atoms with Crippen molar-refractivity contribution in [2.45, 2.75) is 13.1 Å². The van der Waals surface area contributed by atoms with Gasteiger partial charge in [0, 0.05) is 11.2 Å². The van der Waals surface area contributed by atoms with Crippen LogP contribution in [-0.2, 0) is 17.9 Å². The van der Waals surface area contributed by atoms with E-state index in [-0.39, 0.29) is 18.1 Å². The molecular weight excluding hydrogens is 348 g/mol. The molecule has 3 aromatic rings. The first-order valence-electron chi connectivity index (χ1n) is 7.23. The highest BCUT2D eigenvalue weighted by Crippen LogP contribution is 2.13. The van der Waals surface area contributed by atoms with Gasteiger partial charge in [0.1, 0.15) is 18.9 Å². The quantitative estimate of drug-likeness (QED) is 0.536. The molecule has 0 spiro atoms. The molecule has 0 saturated heterocycles. The second kappa shape index (κ2) is 7.14. The van der Waals surface area contributed by atoms with Gasteiger partial charge in [0.15, 0.2) is 0 Å². The van der Waals surface area contributed by atoms with E-state index in [0.717, 1.165) is 11.8 Å². The van der Waals surface area contributed by atoms with Gasteiger partial charge in [0.25, 0.3) is 0 Å². The topological polar surface area (TPSA) is 108 Å². The SMILES string of the molecule is O=C(Cn1cc([N+](=O)[O-])cn1)Nc1cnn(Cc2cccc(Cl)c2)c1. The second-order valence-electron chi connectivity index (χ2n) is 5.26. The van der Waals surface area contributed by atoms with Gasteiger partial charge in [-0.25, -0.2) is 0 Å². The van der Waals surface area contributed by atoms with E-state index in [2.05, 4.69) is 15.5 Å². The summed E-state index contributed by atoms with van der Waals surface area (Å²) < 4.78 is 2.86. The molecule has 1 aromatic carbocycles. The van der Waals surface area contributed by atoms with Crippen LogP contribution in [-0.4, -0.2) is 30.4 Å². The molecule has 0 radical (unpaired) electrons. The number of carbonyl (C=O) groups is 1. The zero-order chi connectivity index (χ0) is 17.8. The Labute approximate surface area is 147 Å². The molecule has 0 aliphatic heterocycles. The lowest BCUT2D eigenvalue weighted by Crippen LogP contribution is -2.18. The normalized spacial score (nSPS) is 10.6. The number of amides is 1. The number of halogens is 1. The van der Waals surface area contributed by atoms with Gasteiger partial charge in [-0.2, -0.15) is 10.2 Å². The van der Waals surface area contributed by atoms with Crippen molar-refractivity contribution in [2.24, 2.45) is 0 Å². The van der Waals surface area contributed by atoms with Gasteiger partial charge in [0.2, 0.25) is 5.91 Å². The zero-order valence-electron chi connectivity index (χ0n) is 12.9. The average Bonchev–Trinajstić information content (AvgIpc) is 3.17. The third kappa shape index (κ3) is 4.42. The standard InChI is InChI=1S/C15H13ClN6O3/c16-12-3-1-2-11(4-12)7-20-8-13(5-17-20)19-15(23)10-21-9-14(6-18-21)22(24)25/h1-6,8-9H,7,10H2,(H,19,23). The van der Waals surface area contributed by atoms with Crippen LogP contribution in [0.15, 0.2) is 49.1 Å². The van der Waals surface area contributed by atoms with Crippen molar-refractivity contribution in [3.63, 3.8) is 0 Å². The molecule has 0 unspecified atom stereocenters. The summed E-state index contributed by atoms with van der Waals surface area (Å²) in [6, 6.07) is 7.41. The number of carbonyl (C=O) groups excluding carboxylic acids is 1. The van der Waals surface area contributed by atoms with Gasteiger partial charge in [-0.1, -0.05) is 23.7 Å². The van der Waals surface area contributed by atoms with Crippen LogP contribution >= 0.6 is 11.6 Å². The largest absolute Gasteiger partial charge is 0.322 e. The number of aromatic nitrogens is 4. The molecule has 9 nitrogen and oxygen atoms in total. The van der Waals surface area contributed by atoms with Crippen LogP contribution in [0.25, 0.3) is 0 Å². The first-order valence-corrected chi connectivity index (χ1v) is 7.61. The minimum atomic E-state index is -0.568. The molecule has 25 heavy (non-hydrogen) atoms. The van der Waals surface area contributed by atoms with Crippen molar-refractivity contribution in [3.05, 3.63) is 69.8 Å². The van der Waals surface area contributed by atoms with E-state index in [4.69, 9.17) is 11.6 Å². The Morgan fingerprint density at radius 3 is 2.76 bits per heavy atom. The zero-order valence-corrected chi connectivity index (χ0v) is 13.6. The highest BCUT2D eigenvalue weighted by Gasteiger charge is 2.12. The molecule has 0 saturated carbocycles. The number of hydrogen-bond donors (Lipinski definition) is 1. The molecule has 128 valence electrons. The van der Waals surface area contributed by atoms with Crippen LogP contribution in [0.5, 0.6) is 0 Å². The fourth-order valence-corrected chi connectivity index (χ4v) is 2.43. The average molecular weight is 361 g/mol. The second-order valence-corrected chi connectivity index (χ2v) is 5.69. The molecule has 10 heteroatoms. The van der Waals surface area contributed by atoms with E-state index < -0.39 is 4.92 Å². The van der Waals surface area contributed by atoms with Crippen molar-refractivity contribution >= 4 is 28.9 Å². The molecule has 1 amide bonds. The smallest absolute Gasteiger partial charge is 0.307 e. The summed E-state index contributed by atoms with van der Waals surface area (Å²) in [7, 11) is 0. The van der Waals surface area contributed by atoms with E-state index >= 15 is 0 Å². The fraction of sp³-hybridized carbons (Fsp3) is 0.133. The lowest BCUT2D eigenvalue weighted by molar-refractivity contribution is -0.385. The van der Waals surface area contributed by atoms with Gasteiger partial charge in [-0.3, -0.25) is 24.3 Å². The summed E-state index contributed by atoms with van der Waals surface area (Å²) in [6.07, 6.45) is 5.50. The lowest BCUT2D eigenvalue weighted by atomic mass is 10.2. The van der Waals surface area contributed by atoms with Crippen LogP contribution in [0.2, 0.25) is 5.02 Å². The van der Waals surface area contributed by atoms with Crippen molar-refractivity contribution in [2.75, 3.05) is 5.32 Å². The van der Waals surface area contributed by atoms with Crippen LogP contribution in [0.4, 0.5) is 11.4 Å². The number of nitro groups is 1. The van der Waals surface area contributed by atoms with Crippen molar-refractivity contribution in [1.82, 2.24) is 19.6 Å². The van der Waals surface area contributed by atoms with Gasteiger partial charge >= 0.3 is 5.69 Å². The lowest BCUT2D eigenvalue weighted by Gasteiger charge is -2.03. The number of benzene rings is 1. The summed E-state index contributed by atoms with van der Waals surface area (Å²) in [6.45, 7) is 0.384. The molecule has 2 aromatic heterocycles. The van der Waals surface area contributed by atoms with Crippen LogP contribution in [0.1, 0.15) is 5.56 Å². The molecule has 0 atom stereocenters. The Bertz CT molecular complexity index is 919. The molecule has 3 rings (SSSR count). The van der Waals surface area contributed by atoms with E-state index in [1.165, 1.54) is 17.1 Å². The molecule has 0 fully saturated rings. The van der Waals surface area contributed by atoms with Crippen molar-refractivity contribution in [3.8, 4) is 0 Å². The highest BCUT2D eigenvalue weighted by atomic mass is 35.5. The van der Waals surface area contributed by atoms with Crippen molar-refractivity contribution < 1.29 is 9.72 Å². The number of hydrogen-bond acceptors (Lipinski definition) is 5. The maximum Gasteiger partial charge on any atom is 0.307 e. The number of rotatable bonds is 6. The molecule has 0 aliphatic carbocycles. The first kappa shape index (κ1) is 16.7. The molecule has 0 aliphatic rings. The van der Waals surface area contributed by atoms with Gasteiger partial charge in [0.05, 0.1) is 23.4 Å². The maximum absolute atomic E-state index is 12.0. The minimum Gasteiger partial charge on any atom is -0.322 e. The summed E-state index contributed by atoms with van der Waals surface area (Å²) in [4.78, 5) is 22.0. The Kier molecular flexibility index (Phi) is 4.75. The Morgan fingerprint density at radius 2 is 2.04 bits per heavy atom. The number of nitrogens with one attached hydrogen (secondary N) is 1. The minimum absolute atomic E-state index is 0.132. The van der Waals surface area contributed by atoms with Crippen molar-refractivity contribution in [1.29, 1.82) is 0 Å². The summed E-state index contributed by atoms with van der Waals surface area (Å²) >= 11 is 5.95. The monoisotopic (exact) mass is 360 g/mol. The molecule has 2 heterocycles. The van der Waals surface area contributed by atoms with E-state index in [1.807, 2.05) is 18.2 Å². The van der Waals surface area contributed by atoms with Crippen LogP contribution in [0.3, 0.4) is 0 Å². The Balaban J connectivity index is 1.58. The van der Waals surface area contributed by atoms with Crippen LogP contribution < -0.4 is 5.32 Å². The van der Waals surface area contributed by atoms with E-state index in [1.54, 1.807) is 16.9 Å². The highest BCUT2D eigenvalue weighted by molar-refractivity contribution is 6.30. The Hall–Kier alpha value is -3.20. The van der Waals surface area contributed by atoms with E-state index in [9.17, 15) is 14.9 Å². The van der Waals surface area contributed by atoms with Gasteiger partial charge in [-0.15, -0.1) is 0 Å². The number of nitrogens with zero attached hydrogens (tertiary/aromatic N) is 5. The summed E-state index contributed by atoms with van der Waals surface area (Å²) in [5.41, 5.74) is 1.34. The molecular formula is C15H13ClN6O3. The van der Waals surface area contributed by atoms with Gasteiger partial charge < -0.3 is 5.32 Å².